The molecule has 21 heavy (non-hydrogen) atoms. The molecule has 0 aliphatic carbocycles. The summed E-state index contributed by atoms with van der Waals surface area (Å²) in [7, 11) is 0. The Hall–Kier alpha value is -1.79. The molecule has 0 bridgehead atoms. The van der Waals surface area contributed by atoms with Crippen LogP contribution in [0.2, 0.25) is 0 Å². The topological polar surface area (TPSA) is 48.3 Å². The minimum Gasteiger partial charge on any atom is -0.464 e. The molecule has 118 valence electrons. The smallest absolute Gasteiger partial charge is 0.417 e. The number of ether oxygens (including phenoxy) is 1. The maximum Gasteiger partial charge on any atom is 0.417 e. The number of nitrogens with zero attached hydrogens (tertiary/aromatic N) is 1. The van der Waals surface area contributed by atoms with Crippen molar-refractivity contribution in [2.45, 2.75) is 45.3 Å². The molecule has 1 rings (SSSR count). The largest absolute Gasteiger partial charge is 0.464 e. The third-order valence-corrected chi connectivity index (χ3v) is 2.87. The van der Waals surface area contributed by atoms with Gasteiger partial charge in [-0.1, -0.05) is 26.2 Å². The van der Waals surface area contributed by atoms with E-state index in [2.05, 4.69) is 0 Å². The van der Waals surface area contributed by atoms with E-state index in [0.717, 1.165) is 25.3 Å². The second kappa shape index (κ2) is 7.85. The first kappa shape index (κ1) is 17.3. The van der Waals surface area contributed by atoms with Crippen LogP contribution in [0, 0.1) is 0 Å². The van der Waals surface area contributed by atoms with Crippen LogP contribution in [0.3, 0.4) is 0 Å². The minimum atomic E-state index is -4.56. The minimum absolute atomic E-state index is 0.215. The van der Waals surface area contributed by atoms with Gasteiger partial charge < -0.3 is 9.30 Å². The second-order valence-electron chi connectivity index (χ2n) is 4.66. The Labute approximate surface area is 120 Å². The van der Waals surface area contributed by atoms with Crippen molar-refractivity contribution in [1.82, 2.24) is 4.57 Å². The van der Waals surface area contributed by atoms with E-state index in [9.17, 15) is 22.8 Å². The monoisotopic (exact) mass is 305 g/mol. The summed E-state index contributed by atoms with van der Waals surface area (Å²) in [4.78, 5) is 22.9. The molecule has 4 nitrogen and oxygen atoms in total. The normalized spacial score (nSPS) is 11.4. The average molecular weight is 305 g/mol. The number of carbonyl (C=O) groups excluding carboxylic acids is 1. The summed E-state index contributed by atoms with van der Waals surface area (Å²) in [6.45, 7) is 1.75. The van der Waals surface area contributed by atoms with Gasteiger partial charge in [-0.3, -0.25) is 9.59 Å². The standard InChI is InChI=1S/C14H18F3NO3/c1-2-3-4-5-8-21-13(20)10-18-9-11(14(15,16)17)6-7-12(18)19/h6-7,9H,2-5,8,10H2,1H3. The van der Waals surface area contributed by atoms with Crippen LogP contribution >= 0.6 is 0 Å². The predicted octanol–water partition coefficient (Wildman–Crippen LogP) is 2.99. The first-order chi connectivity index (χ1) is 9.84. The van der Waals surface area contributed by atoms with Crippen molar-refractivity contribution < 1.29 is 22.7 Å². The molecule has 7 heteroatoms. The van der Waals surface area contributed by atoms with Crippen molar-refractivity contribution in [1.29, 1.82) is 0 Å². The van der Waals surface area contributed by atoms with Gasteiger partial charge in [-0.15, -0.1) is 0 Å². The van der Waals surface area contributed by atoms with E-state index >= 15 is 0 Å². The molecule has 0 N–H and O–H groups in total. The fourth-order valence-electron chi connectivity index (χ4n) is 1.72. The number of rotatable bonds is 7. The van der Waals surface area contributed by atoms with E-state index < -0.39 is 29.8 Å². The van der Waals surface area contributed by atoms with Crippen molar-refractivity contribution in [3.05, 3.63) is 34.2 Å². The van der Waals surface area contributed by atoms with Gasteiger partial charge in [0.1, 0.15) is 6.54 Å². The summed E-state index contributed by atoms with van der Waals surface area (Å²) in [6, 6.07) is 1.48. The highest BCUT2D eigenvalue weighted by Crippen LogP contribution is 2.27. The Bertz CT molecular complexity index is 523. The van der Waals surface area contributed by atoms with Crippen molar-refractivity contribution >= 4 is 5.97 Å². The van der Waals surface area contributed by atoms with Gasteiger partial charge in [0.05, 0.1) is 12.2 Å². The molecule has 1 aromatic rings. The quantitative estimate of drug-likeness (QED) is 0.575. The number of unbranched alkanes of at least 4 members (excludes halogenated alkanes) is 3. The van der Waals surface area contributed by atoms with Crippen molar-refractivity contribution in [2.75, 3.05) is 6.61 Å². The third kappa shape index (κ3) is 6.01. The molecule has 0 amide bonds. The number of halogens is 3. The maximum atomic E-state index is 12.5. The van der Waals surface area contributed by atoms with E-state index in [0.29, 0.717) is 23.3 Å². The SMILES string of the molecule is CCCCCCOC(=O)Cn1cc(C(F)(F)F)ccc1=O. The fourth-order valence-corrected chi connectivity index (χ4v) is 1.72. The number of hydrogen-bond acceptors (Lipinski definition) is 3. The molecule has 0 aromatic carbocycles. The zero-order valence-corrected chi connectivity index (χ0v) is 11.8. The fraction of sp³-hybridized carbons (Fsp3) is 0.571. The first-order valence-electron chi connectivity index (χ1n) is 6.78. The van der Waals surface area contributed by atoms with Gasteiger partial charge in [0, 0.05) is 12.3 Å². The molecule has 0 spiro atoms. The molecule has 0 fully saturated rings. The van der Waals surface area contributed by atoms with Gasteiger partial charge in [0.15, 0.2) is 0 Å². The highest BCUT2D eigenvalue weighted by Gasteiger charge is 2.31. The Kier molecular flexibility index (Phi) is 6.45. The van der Waals surface area contributed by atoms with E-state index in [4.69, 9.17) is 4.74 Å². The number of hydrogen-bond donors (Lipinski definition) is 0. The average Bonchev–Trinajstić information content (AvgIpc) is 2.40. The number of carbonyl (C=O) groups is 1. The Morgan fingerprint density at radius 3 is 2.57 bits per heavy atom. The van der Waals surface area contributed by atoms with Gasteiger partial charge in [-0.2, -0.15) is 13.2 Å². The van der Waals surface area contributed by atoms with E-state index in [1.165, 1.54) is 0 Å². The first-order valence-corrected chi connectivity index (χ1v) is 6.78. The lowest BCUT2D eigenvalue weighted by Crippen LogP contribution is -2.26. The predicted molar refractivity (Wildman–Crippen MR) is 70.8 cm³/mol. The van der Waals surface area contributed by atoms with E-state index in [-0.39, 0.29) is 6.61 Å². The van der Waals surface area contributed by atoms with Crippen molar-refractivity contribution in [2.24, 2.45) is 0 Å². The molecule has 0 aliphatic heterocycles. The summed E-state index contributed by atoms with van der Waals surface area (Å²) in [6.07, 6.45) is -0.219. The number of aromatic nitrogens is 1. The zero-order chi connectivity index (χ0) is 15.9. The molecule has 0 aliphatic rings. The lowest BCUT2D eigenvalue weighted by Gasteiger charge is -2.10. The molecule has 0 unspecified atom stereocenters. The second-order valence-corrected chi connectivity index (χ2v) is 4.66. The molecule has 0 radical (unpaired) electrons. The Balaban J connectivity index is 2.58. The van der Waals surface area contributed by atoms with Gasteiger partial charge in [0.2, 0.25) is 0 Å². The molecule has 1 aromatic heterocycles. The number of alkyl halides is 3. The summed E-state index contributed by atoms with van der Waals surface area (Å²) < 4.78 is 43.2. The van der Waals surface area contributed by atoms with Crippen LogP contribution in [-0.2, 0) is 22.3 Å². The van der Waals surface area contributed by atoms with Crippen LogP contribution in [0.1, 0.15) is 38.2 Å². The van der Waals surface area contributed by atoms with Crippen LogP contribution in [0.15, 0.2) is 23.1 Å². The van der Waals surface area contributed by atoms with Crippen LogP contribution in [0.4, 0.5) is 13.2 Å². The van der Waals surface area contributed by atoms with Gasteiger partial charge in [0.25, 0.3) is 5.56 Å². The highest BCUT2D eigenvalue weighted by atomic mass is 19.4. The van der Waals surface area contributed by atoms with E-state index in [1.807, 2.05) is 6.92 Å². The third-order valence-electron chi connectivity index (χ3n) is 2.87. The summed E-state index contributed by atoms with van der Waals surface area (Å²) in [5.74, 6) is -0.715. The van der Waals surface area contributed by atoms with Crippen LogP contribution in [-0.4, -0.2) is 17.1 Å². The van der Waals surface area contributed by atoms with E-state index in [1.54, 1.807) is 0 Å². The van der Waals surface area contributed by atoms with Gasteiger partial charge in [-0.25, -0.2) is 0 Å². The number of pyridine rings is 1. The molecule has 1 heterocycles. The Morgan fingerprint density at radius 2 is 1.95 bits per heavy atom. The molecule has 0 atom stereocenters. The van der Waals surface area contributed by atoms with Gasteiger partial charge in [-0.05, 0) is 12.5 Å². The van der Waals surface area contributed by atoms with Crippen molar-refractivity contribution in [3.63, 3.8) is 0 Å². The number of esters is 1. The molecular weight excluding hydrogens is 287 g/mol. The summed E-state index contributed by atoms with van der Waals surface area (Å²) >= 11 is 0. The zero-order valence-electron chi connectivity index (χ0n) is 11.8. The lowest BCUT2D eigenvalue weighted by atomic mass is 10.2. The highest BCUT2D eigenvalue weighted by molar-refractivity contribution is 5.69. The molecular formula is C14H18F3NO3. The van der Waals surface area contributed by atoms with Crippen LogP contribution in [0.25, 0.3) is 0 Å². The lowest BCUT2D eigenvalue weighted by molar-refractivity contribution is -0.145. The van der Waals surface area contributed by atoms with Gasteiger partial charge >= 0.3 is 12.1 Å². The molecule has 0 saturated carbocycles. The maximum absolute atomic E-state index is 12.5. The Morgan fingerprint density at radius 1 is 1.24 bits per heavy atom. The van der Waals surface area contributed by atoms with Crippen LogP contribution in [0.5, 0.6) is 0 Å². The summed E-state index contributed by atoms with van der Waals surface area (Å²) in [5, 5.41) is 0. The van der Waals surface area contributed by atoms with Crippen LogP contribution < -0.4 is 5.56 Å². The summed E-state index contributed by atoms with van der Waals surface area (Å²) in [5.41, 5.74) is -1.65. The van der Waals surface area contributed by atoms with Crippen molar-refractivity contribution in [3.8, 4) is 0 Å². The molecule has 0 saturated heterocycles.